The molecule has 0 atom stereocenters. The Morgan fingerprint density at radius 3 is 2.38 bits per heavy atom. The van der Waals surface area contributed by atoms with Crippen LogP contribution in [-0.2, 0) is 14.8 Å². The van der Waals surface area contributed by atoms with Gasteiger partial charge in [0.25, 0.3) is 0 Å². The van der Waals surface area contributed by atoms with Crippen LogP contribution < -0.4 is 0 Å². The fourth-order valence-electron chi connectivity index (χ4n) is 3.43. The molecule has 1 aliphatic carbocycles. The Morgan fingerprint density at radius 2 is 1.79 bits per heavy atom. The number of nitrogens with zero attached hydrogens (tertiary/aromatic N) is 4. The molecule has 1 aromatic rings. The van der Waals surface area contributed by atoms with Crippen LogP contribution in [-0.4, -0.2) is 66.1 Å². The topological polar surface area (TPSA) is 96.6 Å². The SMILES string of the molecule is CS(=O)(=O)N1CCC(c2noc(C3CN(C(=O)C4CC4)C3)n2)CC1. The van der Waals surface area contributed by atoms with Gasteiger partial charge in [0.05, 0.1) is 12.2 Å². The summed E-state index contributed by atoms with van der Waals surface area (Å²) in [5, 5.41) is 4.09. The van der Waals surface area contributed by atoms with Gasteiger partial charge in [0.2, 0.25) is 21.8 Å². The Hall–Kier alpha value is -1.48. The van der Waals surface area contributed by atoms with Gasteiger partial charge in [0.1, 0.15) is 0 Å². The zero-order valence-electron chi connectivity index (χ0n) is 13.7. The summed E-state index contributed by atoms with van der Waals surface area (Å²) in [4.78, 5) is 18.3. The average Bonchev–Trinajstić information content (AvgIpc) is 3.24. The molecule has 0 unspecified atom stereocenters. The third-order valence-corrected chi connectivity index (χ3v) is 6.52. The van der Waals surface area contributed by atoms with Crippen LogP contribution in [0.2, 0.25) is 0 Å². The van der Waals surface area contributed by atoms with Gasteiger partial charge in [-0.1, -0.05) is 5.16 Å². The fourth-order valence-corrected chi connectivity index (χ4v) is 4.30. The number of likely N-dealkylation sites (tertiary alicyclic amines) is 1. The summed E-state index contributed by atoms with van der Waals surface area (Å²) >= 11 is 0. The molecule has 3 fully saturated rings. The van der Waals surface area contributed by atoms with E-state index in [1.54, 1.807) is 0 Å². The minimum Gasteiger partial charge on any atom is -0.341 e. The van der Waals surface area contributed by atoms with Crippen LogP contribution in [0.3, 0.4) is 0 Å². The molecule has 4 rings (SSSR count). The summed E-state index contributed by atoms with van der Waals surface area (Å²) in [7, 11) is -3.12. The maximum absolute atomic E-state index is 11.9. The van der Waals surface area contributed by atoms with Gasteiger partial charge in [0.15, 0.2) is 5.82 Å². The highest BCUT2D eigenvalue weighted by Crippen LogP contribution is 2.36. The second-order valence-electron chi connectivity index (χ2n) is 7.14. The summed E-state index contributed by atoms with van der Waals surface area (Å²) in [6, 6.07) is 0. The number of aromatic nitrogens is 2. The van der Waals surface area contributed by atoms with Gasteiger partial charge in [-0.05, 0) is 25.7 Å². The monoisotopic (exact) mass is 354 g/mol. The van der Waals surface area contributed by atoms with Crippen molar-refractivity contribution in [2.75, 3.05) is 32.4 Å². The molecule has 8 nitrogen and oxygen atoms in total. The van der Waals surface area contributed by atoms with E-state index in [1.807, 2.05) is 4.90 Å². The van der Waals surface area contributed by atoms with E-state index < -0.39 is 10.0 Å². The molecule has 0 N–H and O–H groups in total. The van der Waals surface area contributed by atoms with Crippen LogP contribution >= 0.6 is 0 Å². The van der Waals surface area contributed by atoms with E-state index in [-0.39, 0.29) is 23.7 Å². The molecule has 3 aliphatic rings. The first-order valence-electron chi connectivity index (χ1n) is 8.49. The van der Waals surface area contributed by atoms with Gasteiger partial charge in [-0.15, -0.1) is 0 Å². The summed E-state index contributed by atoms with van der Waals surface area (Å²) < 4.78 is 30.0. The third kappa shape index (κ3) is 3.06. The zero-order valence-corrected chi connectivity index (χ0v) is 14.5. The van der Waals surface area contributed by atoms with Crippen molar-refractivity contribution < 1.29 is 17.7 Å². The number of carbonyl (C=O) groups excluding carboxylic acids is 1. The van der Waals surface area contributed by atoms with Gasteiger partial charge >= 0.3 is 0 Å². The normalized spacial score (nSPS) is 24.1. The van der Waals surface area contributed by atoms with Gasteiger partial charge < -0.3 is 9.42 Å². The van der Waals surface area contributed by atoms with E-state index in [1.165, 1.54) is 10.6 Å². The van der Waals surface area contributed by atoms with Crippen LogP contribution in [0.1, 0.15) is 49.2 Å². The van der Waals surface area contributed by atoms with Crippen molar-refractivity contribution >= 4 is 15.9 Å². The van der Waals surface area contributed by atoms with Crippen molar-refractivity contribution in [3.05, 3.63) is 11.7 Å². The quantitative estimate of drug-likeness (QED) is 0.783. The molecule has 2 aliphatic heterocycles. The lowest BCUT2D eigenvalue weighted by molar-refractivity contribution is -0.137. The Morgan fingerprint density at radius 1 is 1.12 bits per heavy atom. The molecule has 0 bridgehead atoms. The second-order valence-corrected chi connectivity index (χ2v) is 9.12. The van der Waals surface area contributed by atoms with Gasteiger partial charge in [-0.2, -0.15) is 4.98 Å². The van der Waals surface area contributed by atoms with E-state index in [4.69, 9.17) is 4.52 Å². The Balaban J connectivity index is 1.32. The zero-order chi connectivity index (χ0) is 16.9. The van der Waals surface area contributed by atoms with Crippen molar-refractivity contribution in [3.63, 3.8) is 0 Å². The van der Waals surface area contributed by atoms with Crippen LogP contribution in [0.4, 0.5) is 0 Å². The molecule has 9 heteroatoms. The maximum atomic E-state index is 11.9. The highest BCUT2D eigenvalue weighted by atomic mass is 32.2. The minimum atomic E-state index is -3.12. The Labute approximate surface area is 141 Å². The van der Waals surface area contributed by atoms with Crippen molar-refractivity contribution in [1.82, 2.24) is 19.3 Å². The molecule has 0 radical (unpaired) electrons. The third-order valence-electron chi connectivity index (χ3n) is 5.21. The number of rotatable bonds is 4. The van der Waals surface area contributed by atoms with E-state index in [0.29, 0.717) is 50.7 Å². The number of sulfonamides is 1. The molecule has 0 spiro atoms. The summed E-state index contributed by atoms with van der Waals surface area (Å²) in [5.41, 5.74) is 0. The van der Waals surface area contributed by atoms with E-state index in [9.17, 15) is 13.2 Å². The van der Waals surface area contributed by atoms with Crippen molar-refractivity contribution in [3.8, 4) is 0 Å². The number of hydrogen-bond donors (Lipinski definition) is 0. The maximum Gasteiger partial charge on any atom is 0.233 e. The van der Waals surface area contributed by atoms with Crippen LogP contribution in [0.15, 0.2) is 4.52 Å². The van der Waals surface area contributed by atoms with Gasteiger partial charge in [-0.3, -0.25) is 4.79 Å². The first-order chi connectivity index (χ1) is 11.4. The van der Waals surface area contributed by atoms with Crippen LogP contribution in [0, 0.1) is 5.92 Å². The van der Waals surface area contributed by atoms with Gasteiger partial charge in [-0.25, -0.2) is 12.7 Å². The first-order valence-corrected chi connectivity index (χ1v) is 10.3. The molecular formula is C15H22N4O4S. The number of amides is 1. The molecular weight excluding hydrogens is 332 g/mol. The van der Waals surface area contributed by atoms with E-state index in [0.717, 1.165) is 12.8 Å². The molecule has 3 heterocycles. The lowest BCUT2D eigenvalue weighted by Crippen LogP contribution is -2.49. The van der Waals surface area contributed by atoms with Crippen LogP contribution in [0.5, 0.6) is 0 Å². The number of hydrogen-bond acceptors (Lipinski definition) is 6. The second kappa shape index (κ2) is 5.80. The van der Waals surface area contributed by atoms with Crippen molar-refractivity contribution in [2.45, 2.75) is 37.5 Å². The Bertz CT molecular complexity index is 728. The number of carbonyl (C=O) groups is 1. The highest BCUT2D eigenvalue weighted by molar-refractivity contribution is 7.88. The summed E-state index contributed by atoms with van der Waals surface area (Å²) in [6.45, 7) is 2.34. The molecule has 1 aromatic heterocycles. The van der Waals surface area contributed by atoms with Crippen molar-refractivity contribution in [2.24, 2.45) is 5.92 Å². The smallest absolute Gasteiger partial charge is 0.233 e. The van der Waals surface area contributed by atoms with E-state index >= 15 is 0 Å². The van der Waals surface area contributed by atoms with Gasteiger partial charge in [0, 0.05) is 38.0 Å². The Kier molecular flexibility index (Phi) is 3.87. The summed E-state index contributed by atoms with van der Waals surface area (Å²) in [5.74, 6) is 2.08. The molecule has 2 saturated heterocycles. The largest absolute Gasteiger partial charge is 0.341 e. The predicted octanol–water partition coefficient (Wildman–Crippen LogP) is 0.544. The molecule has 0 aromatic carbocycles. The molecule has 1 amide bonds. The van der Waals surface area contributed by atoms with Crippen LogP contribution in [0.25, 0.3) is 0 Å². The number of piperidine rings is 1. The van der Waals surface area contributed by atoms with Crippen molar-refractivity contribution in [1.29, 1.82) is 0 Å². The lowest BCUT2D eigenvalue weighted by Gasteiger charge is -2.37. The molecule has 1 saturated carbocycles. The van der Waals surface area contributed by atoms with E-state index in [2.05, 4.69) is 10.1 Å². The lowest BCUT2D eigenvalue weighted by atomic mass is 9.97. The molecule has 132 valence electrons. The standard InChI is InChI=1S/C15H22N4O4S/c1-24(21,22)19-6-4-10(5-7-19)13-16-14(23-17-13)12-8-18(9-12)15(20)11-2-3-11/h10-12H,2-9H2,1H3. The first kappa shape index (κ1) is 16.0. The molecule has 24 heavy (non-hydrogen) atoms. The predicted molar refractivity (Wildman–Crippen MR) is 84.7 cm³/mol. The summed E-state index contributed by atoms with van der Waals surface area (Å²) in [6.07, 6.45) is 4.71. The fraction of sp³-hybridized carbons (Fsp3) is 0.800. The average molecular weight is 354 g/mol. The highest BCUT2D eigenvalue weighted by Gasteiger charge is 2.41. The minimum absolute atomic E-state index is 0.143.